The Labute approximate surface area is 172 Å². The van der Waals surface area contributed by atoms with E-state index < -0.39 is 0 Å². The molecule has 1 atom stereocenters. The zero-order valence-corrected chi connectivity index (χ0v) is 17.4. The number of aryl methyl sites for hydroxylation is 2. The van der Waals surface area contributed by atoms with Crippen molar-refractivity contribution in [1.82, 2.24) is 15.2 Å². The van der Waals surface area contributed by atoms with Crippen molar-refractivity contribution in [3.8, 4) is 5.75 Å². The first-order valence-corrected chi connectivity index (χ1v) is 10.3. The number of amides is 1. The number of H-pyrrole nitrogens is 1. The van der Waals surface area contributed by atoms with Gasteiger partial charge >= 0.3 is 0 Å². The van der Waals surface area contributed by atoms with Crippen LogP contribution in [0.1, 0.15) is 46.1 Å². The lowest BCUT2D eigenvalue weighted by molar-refractivity contribution is 0.0943. The minimum atomic E-state index is -0.0328. The first kappa shape index (κ1) is 19.5. The Morgan fingerprint density at radius 1 is 1.14 bits per heavy atom. The predicted octanol–water partition coefficient (Wildman–Crippen LogP) is 4.09. The number of carbonyl (C=O) groups is 1. The van der Waals surface area contributed by atoms with Gasteiger partial charge in [-0.25, -0.2) is 0 Å². The largest absolute Gasteiger partial charge is 0.497 e. The number of fused-ring (bicyclic) bond motifs is 3. The van der Waals surface area contributed by atoms with Gasteiger partial charge in [0.15, 0.2) is 0 Å². The van der Waals surface area contributed by atoms with Crippen LogP contribution in [0.15, 0.2) is 42.5 Å². The fraction of sp³-hybridized carbons (Fsp3) is 0.375. The van der Waals surface area contributed by atoms with Crippen molar-refractivity contribution >= 4 is 16.8 Å². The first-order chi connectivity index (χ1) is 14.1. The van der Waals surface area contributed by atoms with E-state index in [4.69, 9.17) is 4.74 Å². The van der Waals surface area contributed by atoms with E-state index in [1.54, 1.807) is 7.11 Å². The van der Waals surface area contributed by atoms with E-state index in [2.05, 4.69) is 33.4 Å². The lowest BCUT2D eigenvalue weighted by Gasteiger charge is -2.25. The number of ether oxygens (including phenoxy) is 1. The van der Waals surface area contributed by atoms with E-state index in [9.17, 15) is 4.79 Å². The molecule has 4 rings (SSSR count). The summed E-state index contributed by atoms with van der Waals surface area (Å²) < 4.78 is 5.25. The molecule has 0 saturated carbocycles. The van der Waals surface area contributed by atoms with Gasteiger partial charge in [0.1, 0.15) is 5.75 Å². The van der Waals surface area contributed by atoms with Crippen molar-refractivity contribution in [2.75, 3.05) is 27.7 Å². The SMILES string of the molecule is COc1ccc(C(CNC(=O)c2cccc3c4c([nH]c23)CCCC4)N(C)C)cc1. The van der Waals surface area contributed by atoms with Crippen molar-refractivity contribution < 1.29 is 9.53 Å². The standard InChI is InChI=1S/C24H29N3O2/c1-27(2)22(16-11-13-17(29-3)14-12-16)15-25-24(28)20-9-6-8-19-18-7-4-5-10-21(18)26-23(19)20/h6,8-9,11-14,22,26H,4-5,7,10,15H2,1-3H3,(H,25,28). The topological polar surface area (TPSA) is 57.4 Å². The Bertz CT molecular complexity index is 1000. The molecule has 3 aromatic rings. The molecule has 1 aliphatic rings. The van der Waals surface area contributed by atoms with Crippen LogP contribution in [0.3, 0.4) is 0 Å². The lowest BCUT2D eigenvalue weighted by Crippen LogP contribution is -2.34. The number of aromatic nitrogens is 1. The molecule has 0 saturated heterocycles. The van der Waals surface area contributed by atoms with E-state index in [1.165, 1.54) is 29.5 Å². The summed E-state index contributed by atoms with van der Waals surface area (Å²) in [4.78, 5) is 18.7. The van der Waals surface area contributed by atoms with Crippen LogP contribution >= 0.6 is 0 Å². The number of benzene rings is 2. The average Bonchev–Trinajstić information content (AvgIpc) is 3.12. The second kappa shape index (κ2) is 8.29. The molecule has 1 aromatic heterocycles. The van der Waals surface area contributed by atoms with Gasteiger partial charge in [-0.2, -0.15) is 0 Å². The third-order valence-corrected chi connectivity index (χ3v) is 5.96. The number of aromatic amines is 1. The quantitative estimate of drug-likeness (QED) is 0.665. The van der Waals surface area contributed by atoms with Crippen molar-refractivity contribution in [2.24, 2.45) is 0 Å². The Kier molecular flexibility index (Phi) is 5.58. The van der Waals surface area contributed by atoms with E-state index in [0.717, 1.165) is 35.2 Å². The molecule has 0 aliphatic heterocycles. The number of nitrogens with zero attached hydrogens (tertiary/aromatic N) is 1. The summed E-state index contributed by atoms with van der Waals surface area (Å²) in [7, 11) is 5.72. The van der Waals surface area contributed by atoms with Crippen LogP contribution in [0, 0.1) is 0 Å². The number of methoxy groups -OCH3 is 1. The second-order valence-electron chi connectivity index (χ2n) is 7.98. The second-order valence-corrected chi connectivity index (χ2v) is 7.98. The van der Waals surface area contributed by atoms with E-state index >= 15 is 0 Å². The third kappa shape index (κ3) is 3.87. The highest BCUT2D eigenvalue weighted by atomic mass is 16.5. The number of hydrogen-bond acceptors (Lipinski definition) is 3. The van der Waals surface area contributed by atoms with Crippen LogP contribution in [0.2, 0.25) is 0 Å². The molecule has 0 spiro atoms. The first-order valence-electron chi connectivity index (χ1n) is 10.3. The molecule has 1 unspecified atom stereocenters. The summed E-state index contributed by atoms with van der Waals surface area (Å²) in [6, 6.07) is 14.1. The van der Waals surface area contributed by atoms with E-state index in [1.807, 2.05) is 38.4 Å². The highest BCUT2D eigenvalue weighted by molar-refractivity contribution is 6.06. The molecule has 5 nitrogen and oxygen atoms in total. The fourth-order valence-electron chi connectivity index (χ4n) is 4.33. The van der Waals surface area contributed by atoms with Crippen LogP contribution < -0.4 is 10.1 Å². The molecule has 0 bridgehead atoms. The molecule has 2 aromatic carbocycles. The normalized spacial score (nSPS) is 14.6. The molecular formula is C24H29N3O2. The van der Waals surface area contributed by atoms with Crippen LogP contribution in [0.5, 0.6) is 5.75 Å². The number of nitrogens with one attached hydrogen (secondary N) is 2. The van der Waals surface area contributed by atoms with Gasteiger partial charge in [0.05, 0.1) is 24.2 Å². The summed E-state index contributed by atoms with van der Waals surface area (Å²) in [6.07, 6.45) is 4.61. The van der Waals surface area contributed by atoms with Crippen molar-refractivity contribution in [3.63, 3.8) is 0 Å². The fourth-order valence-corrected chi connectivity index (χ4v) is 4.33. The molecule has 29 heavy (non-hydrogen) atoms. The average molecular weight is 392 g/mol. The minimum Gasteiger partial charge on any atom is -0.497 e. The maximum Gasteiger partial charge on any atom is 0.253 e. The van der Waals surface area contributed by atoms with Crippen LogP contribution in [-0.2, 0) is 12.8 Å². The molecule has 0 fully saturated rings. The van der Waals surface area contributed by atoms with Crippen LogP contribution in [0.4, 0.5) is 0 Å². The van der Waals surface area contributed by atoms with Crippen LogP contribution in [0.25, 0.3) is 10.9 Å². The van der Waals surface area contributed by atoms with Gasteiger partial charge < -0.3 is 19.9 Å². The zero-order valence-electron chi connectivity index (χ0n) is 17.4. The predicted molar refractivity (Wildman–Crippen MR) is 117 cm³/mol. The summed E-state index contributed by atoms with van der Waals surface area (Å²) in [5, 5.41) is 4.35. The highest BCUT2D eigenvalue weighted by Gasteiger charge is 2.21. The zero-order chi connectivity index (χ0) is 20.4. The summed E-state index contributed by atoms with van der Waals surface area (Å²) in [5.41, 5.74) is 5.54. The summed E-state index contributed by atoms with van der Waals surface area (Å²) >= 11 is 0. The minimum absolute atomic E-state index is 0.0328. The Morgan fingerprint density at radius 3 is 2.62 bits per heavy atom. The van der Waals surface area contributed by atoms with Gasteiger partial charge in [-0.1, -0.05) is 24.3 Å². The Hall–Kier alpha value is -2.79. The molecule has 1 amide bonds. The van der Waals surface area contributed by atoms with Crippen molar-refractivity contribution in [1.29, 1.82) is 0 Å². The molecule has 1 aliphatic carbocycles. The Balaban J connectivity index is 1.54. The lowest BCUT2D eigenvalue weighted by atomic mass is 9.95. The van der Waals surface area contributed by atoms with Crippen LogP contribution in [-0.4, -0.2) is 43.5 Å². The van der Waals surface area contributed by atoms with Crippen molar-refractivity contribution in [2.45, 2.75) is 31.7 Å². The number of rotatable bonds is 6. The Morgan fingerprint density at radius 2 is 1.90 bits per heavy atom. The third-order valence-electron chi connectivity index (χ3n) is 5.96. The van der Waals surface area contributed by atoms with Gasteiger partial charge in [-0.15, -0.1) is 0 Å². The number of carbonyl (C=O) groups excluding carboxylic acids is 1. The van der Waals surface area contributed by atoms with Gasteiger partial charge in [0.2, 0.25) is 0 Å². The monoisotopic (exact) mass is 391 g/mol. The van der Waals surface area contributed by atoms with Crippen molar-refractivity contribution in [3.05, 3.63) is 64.8 Å². The maximum atomic E-state index is 13.1. The molecule has 5 heteroatoms. The number of hydrogen-bond donors (Lipinski definition) is 2. The molecular weight excluding hydrogens is 362 g/mol. The van der Waals surface area contributed by atoms with Gasteiger partial charge in [0, 0.05) is 17.6 Å². The van der Waals surface area contributed by atoms with Gasteiger partial charge in [-0.3, -0.25) is 4.79 Å². The molecule has 0 radical (unpaired) electrons. The van der Waals surface area contributed by atoms with Gasteiger partial charge in [-0.05, 0) is 69.1 Å². The van der Waals surface area contributed by atoms with Gasteiger partial charge in [0.25, 0.3) is 5.91 Å². The number of likely N-dealkylation sites (N-methyl/N-ethyl adjacent to an activating group) is 1. The number of para-hydroxylation sites is 1. The molecule has 1 heterocycles. The maximum absolute atomic E-state index is 13.1. The molecule has 2 N–H and O–H groups in total. The molecule has 152 valence electrons. The highest BCUT2D eigenvalue weighted by Crippen LogP contribution is 2.31. The van der Waals surface area contributed by atoms with E-state index in [-0.39, 0.29) is 11.9 Å². The summed E-state index contributed by atoms with van der Waals surface area (Å²) in [5.74, 6) is 0.798. The summed E-state index contributed by atoms with van der Waals surface area (Å²) in [6.45, 7) is 0.537. The smallest absolute Gasteiger partial charge is 0.253 e. The van der Waals surface area contributed by atoms with E-state index in [0.29, 0.717) is 6.54 Å².